The van der Waals surface area contributed by atoms with Crippen molar-refractivity contribution in [2.45, 2.75) is 58.7 Å². The van der Waals surface area contributed by atoms with E-state index in [2.05, 4.69) is 9.97 Å². The maximum absolute atomic E-state index is 14.9. The van der Waals surface area contributed by atoms with Crippen molar-refractivity contribution in [1.82, 2.24) is 19.4 Å². The predicted molar refractivity (Wildman–Crippen MR) is 128 cm³/mol. The zero-order valence-corrected chi connectivity index (χ0v) is 20.0. The summed E-state index contributed by atoms with van der Waals surface area (Å²) in [4.78, 5) is 26.9. The van der Waals surface area contributed by atoms with Gasteiger partial charge in [-0.15, -0.1) is 0 Å². The molecule has 1 aromatic carbocycles. The predicted octanol–water partition coefficient (Wildman–Crippen LogP) is 5.38. The highest BCUT2D eigenvalue weighted by Crippen LogP contribution is 2.40. The molecule has 0 aliphatic carbocycles. The van der Waals surface area contributed by atoms with E-state index >= 15 is 0 Å². The Labute approximate surface area is 201 Å². The van der Waals surface area contributed by atoms with Crippen molar-refractivity contribution in [2.75, 3.05) is 0 Å². The largest absolute Gasteiger partial charge is 0.371 e. The van der Waals surface area contributed by atoms with E-state index in [9.17, 15) is 13.6 Å². The van der Waals surface area contributed by atoms with Gasteiger partial charge in [-0.1, -0.05) is 0 Å². The summed E-state index contributed by atoms with van der Waals surface area (Å²) in [5.74, 6) is -1.48. The van der Waals surface area contributed by atoms with E-state index in [1.54, 1.807) is 26.2 Å². The van der Waals surface area contributed by atoms with Gasteiger partial charge in [0.05, 0.1) is 17.9 Å². The van der Waals surface area contributed by atoms with Gasteiger partial charge in [-0.05, 0) is 70.4 Å². The third kappa shape index (κ3) is 4.34. The highest BCUT2D eigenvalue weighted by molar-refractivity contribution is 5.74. The van der Waals surface area contributed by atoms with Crippen molar-refractivity contribution in [3.05, 3.63) is 92.9 Å². The highest BCUT2D eigenvalue weighted by Gasteiger charge is 2.31. The summed E-state index contributed by atoms with van der Waals surface area (Å²) in [6.07, 6.45) is 4.60. The monoisotopic (exact) mass is 476 g/mol. The average Bonchev–Trinajstić information content (AvgIpc) is 2.82. The SMILES string of the molecule is Cc1cc([C@H]2C[C@@H](c3cn4c(=O)c(C)c(C)nc4c(-c4ccc(F)cc4F)n3)CC(C)O2)ccn1. The minimum atomic E-state index is -0.755. The fourth-order valence-electron chi connectivity index (χ4n) is 4.78. The smallest absolute Gasteiger partial charge is 0.261 e. The number of rotatable bonds is 3. The van der Waals surface area contributed by atoms with E-state index in [4.69, 9.17) is 9.72 Å². The number of aromatic nitrogens is 4. The zero-order chi connectivity index (χ0) is 24.9. The van der Waals surface area contributed by atoms with E-state index in [0.717, 1.165) is 17.3 Å². The van der Waals surface area contributed by atoms with E-state index in [0.29, 0.717) is 29.8 Å². The van der Waals surface area contributed by atoms with Gasteiger partial charge in [0.15, 0.2) is 5.65 Å². The number of pyridine rings is 1. The van der Waals surface area contributed by atoms with Crippen LogP contribution in [0.25, 0.3) is 16.9 Å². The van der Waals surface area contributed by atoms with Gasteiger partial charge in [0.25, 0.3) is 5.56 Å². The van der Waals surface area contributed by atoms with Crippen LogP contribution in [-0.2, 0) is 4.74 Å². The number of halogens is 2. The molecular weight excluding hydrogens is 450 g/mol. The lowest BCUT2D eigenvalue weighted by Crippen LogP contribution is -2.27. The minimum absolute atomic E-state index is 0.0441. The molecule has 180 valence electrons. The molecule has 0 N–H and O–H groups in total. The van der Waals surface area contributed by atoms with Crippen LogP contribution in [0, 0.1) is 32.4 Å². The van der Waals surface area contributed by atoms with Gasteiger partial charge in [0.2, 0.25) is 0 Å². The number of hydrogen-bond acceptors (Lipinski definition) is 5. The Bertz CT molecular complexity index is 1500. The molecule has 0 radical (unpaired) electrons. The molecule has 8 heteroatoms. The first kappa shape index (κ1) is 23.2. The van der Waals surface area contributed by atoms with E-state index in [1.807, 2.05) is 26.0 Å². The van der Waals surface area contributed by atoms with Crippen molar-refractivity contribution >= 4 is 5.65 Å². The van der Waals surface area contributed by atoms with E-state index in [-0.39, 0.29) is 40.6 Å². The molecule has 1 aliphatic rings. The molecular formula is C27H26F2N4O2. The van der Waals surface area contributed by atoms with Crippen LogP contribution in [0.1, 0.15) is 60.0 Å². The van der Waals surface area contributed by atoms with Crippen LogP contribution < -0.4 is 5.56 Å². The quantitative estimate of drug-likeness (QED) is 0.397. The van der Waals surface area contributed by atoms with Gasteiger partial charge in [0.1, 0.15) is 17.3 Å². The molecule has 4 aromatic rings. The summed E-state index contributed by atoms with van der Waals surface area (Å²) >= 11 is 0. The topological polar surface area (TPSA) is 69.4 Å². The molecule has 1 aliphatic heterocycles. The molecule has 3 aromatic heterocycles. The van der Waals surface area contributed by atoms with Gasteiger partial charge in [-0.25, -0.2) is 18.7 Å². The fourth-order valence-corrected chi connectivity index (χ4v) is 4.78. The summed E-state index contributed by atoms with van der Waals surface area (Å²) < 4.78 is 36.2. The van der Waals surface area contributed by atoms with Gasteiger partial charge in [-0.3, -0.25) is 14.2 Å². The maximum atomic E-state index is 14.9. The van der Waals surface area contributed by atoms with Gasteiger partial charge >= 0.3 is 0 Å². The summed E-state index contributed by atoms with van der Waals surface area (Å²) in [5, 5.41) is 0. The van der Waals surface area contributed by atoms with Crippen LogP contribution in [-0.4, -0.2) is 25.5 Å². The first-order chi connectivity index (χ1) is 16.7. The molecule has 0 saturated carbocycles. The molecule has 1 fully saturated rings. The highest BCUT2D eigenvalue weighted by atomic mass is 19.1. The standard InChI is InChI=1S/C27H26F2N4O2/c1-14-9-18(7-8-30-14)24-11-19(10-15(2)35-24)23-13-33-26(31-17(4)16(3)27(33)34)25(32-23)21-6-5-20(28)12-22(21)29/h5-9,12-13,15,19,24H,10-11H2,1-4H3/t15?,19-,24+/m0/s1. The van der Waals surface area contributed by atoms with Gasteiger partial charge < -0.3 is 4.74 Å². The molecule has 0 bridgehead atoms. The Hall–Kier alpha value is -3.52. The average molecular weight is 477 g/mol. The zero-order valence-electron chi connectivity index (χ0n) is 20.0. The number of benzene rings is 1. The van der Waals surface area contributed by atoms with Crippen LogP contribution in [0.3, 0.4) is 0 Å². The second-order valence-electron chi connectivity index (χ2n) is 9.29. The van der Waals surface area contributed by atoms with Crippen LogP contribution >= 0.6 is 0 Å². The number of hydrogen-bond donors (Lipinski definition) is 0. The van der Waals surface area contributed by atoms with E-state index in [1.165, 1.54) is 16.5 Å². The van der Waals surface area contributed by atoms with Crippen LogP contribution in [0.15, 0.2) is 47.5 Å². The van der Waals surface area contributed by atoms with Crippen LogP contribution in [0.2, 0.25) is 0 Å². The first-order valence-electron chi connectivity index (χ1n) is 11.6. The van der Waals surface area contributed by atoms with Gasteiger partial charge in [0, 0.05) is 46.9 Å². The van der Waals surface area contributed by atoms with Crippen molar-refractivity contribution in [3.63, 3.8) is 0 Å². The number of ether oxygens (including phenoxy) is 1. The van der Waals surface area contributed by atoms with Gasteiger partial charge in [-0.2, -0.15) is 0 Å². The molecule has 0 amide bonds. The summed E-state index contributed by atoms with van der Waals surface area (Å²) in [6, 6.07) is 7.29. The molecule has 5 rings (SSSR count). The third-order valence-electron chi connectivity index (χ3n) is 6.71. The molecule has 35 heavy (non-hydrogen) atoms. The molecule has 1 saturated heterocycles. The fraction of sp³-hybridized carbons (Fsp3) is 0.333. The first-order valence-corrected chi connectivity index (χ1v) is 11.6. The summed E-state index contributed by atoms with van der Waals surface area (Å²) in [6.45, 7) is 7.39. The Morgan fingerprint density at radius 1 is 1.06 bits per heavy atom. The Morgan fingerprint density at radius 3 is 2.60 bits per heavy atom. The maximum Gasteiger partial charge on any atom is 0.261 e. The molecule has 1 unspecified atom stereocenters. The molecule has 3 atom stereocenters. The normalized spacial score (nSPS) is 20.3. The Balaban J connectivity index is 1.68. The third-order valence-corrected chi connectivity index (χ3v) is 6.71. The van der Waals surface area contributed by atoms with Crippen LogP contribution in [0.5, 0.6) is 0 Å². The Morgan fingerprint density at radius 2 is 1.86 bits per heavy atom. The lowest BCUT2D eigenvalue weighted by atomic mass is 9.87. The lowest BCUT2D eigenvalue weighted by molar-refractivity contribution is -0.0507. The van der Waals surface area contributed by atoms with Crippen molar-refractivity contribution in [1.29, 1.82) is 0 Å². The Kier molecular flexibility index (Phi) is 5.92. The van der Waals surface area contributed by atoms with Crippen molar-refractivity contribution < 1.29 is 13.5 Å². The minimum Gasteiger partial charge on any atom is -0.371 e. The van der Waals surface area contributed by atoms with Crippen LogP contribution in [0.4, 0.5) is 8.78 Å². The summed E-state index contributed by atoms with van der Waals surface area (Å²) in [5.41, 5.74) is 3.96. The number of fused-ring (bicyclic) bond motifs is 1. The van der Waals surface area contributed by atoms with E-state index < -0.39 is 11.6 Å². The lowest BCUT2D eigenvalue weighted by Gasteiger charge is -2.34. The number of nitrogens with zero attached hydrogens (tertiary/aromatic N) is 4. The molecule has 6 nitrogen and oxygen atoms in total. The second-order valence-corrected chi connectivity index (χ2v) is 9.29. The van der Waals surface area contributed by atoms with Crippen molar-refractivity contribution in [3.8, 4) is 11.3 Å². The van der Waals surface area contributed by atoms with Crippen molar-refractivity contribution in [2.24, 2.45) is 0 Å². The number of aryl methyl sites for hydroxylation is 2. The second kappa shape index (κ2) is 8.92. The molecule has 4 heterocycles. The summed E-state index contributed by atoms with van der Waals surface area (Å²) in [7, 11) is 0. The molecule has 0 spiro atoms.